The number of guanidine groups is 1. The molecule has 1 aliphatic rings. The van der Waals surface area contributed by atoms with Crippen molar-refractivity contribution in [1.29, 1.82) is 5.26 Å². The molecular formula is C5H9N5. The summed E-state index contributed by atoms with van der Waals surface area (Å²) in [5, 5.41) is 14.0. The highest BCUT2D eigenvalue weighted by molar-refractivity contribution is 5.80. The van der Waals surface area contributed by atoms with Crippen LogP contribution in [0.2, 0.25) is 0 Å². The molecule has 0 aromatic rings. The Morgan fingerprint density at radius 3 is 2.70 bits per heavy atom. The maximum atomic E-state index is 8.15. The van der Waals surface area contributed by atoms with Gasteiger partial charge >= 0.3 is 0 Å². The Balaban J connectivity index is 2.42. The van der Waals surface area contributed by atoms with Crippen molar-refractivity contribution in [2.24, 2.45) is 4.99 Å². The summed E-state index contributed by atoms with van der Waals surface area (Å²) >= 11 is 0. The lowest BCUT2D eigenvalue weighted by Crippen LogP contribution is -2.53. The SMILES string of the molecule is CN1CNC(=NC#N)NC1. The molecule has 1 rings (SSSR count). The van der Waals surface area contributed by atoms with Crippen molar-refractivity contribution in [2.75, 3.05) is 20.4 Å². The summed E-state index contributed by atoms with van der Waals surface area (Å²) < 4.78 is 0. The largest absolute Gasteiger partial charge is 0.343 e. The number of hydrogen-bond donors (Lipinski definition) is 2. The van der Waals surface area contributed by atoms with Crippen LogP contribution in [0.3, 0.4) is 0 Å². The Bertz CT molecular complexity index is 169. The highest BCUT2D eigenvalue weighted by atomic mass is 15.4. The monoisotopic (exact) mass is 139 g/mol. The van der Waals surface area contributed by atoms with Crippen LogP contribution in [0.25, 0.3) is 0 Å². The number of nitriles is 1. The Kier molecular flexibility index (Phi) is 2.07. The smallest absolute Gasteiger partial charge is 0.209 e. The van der Waals surface area contributed by atoms with Crippen molar-refractivity contribution in [3.05, 3.63) is 0 Å². The van der Waals surface area contributed by atoms with E-state index in [-0.39, 0.29) is 0 Å². The van der Waals surface area contributed by atoms with Gasteiger partial charge in [0, 0.05) is 0 Å². The van der Waals surface area contributed by atoms with Gasteiger partial charge in [0.1, 0.15) is 0 Å². The van der Waals surface area contributed by atoms with Crippen LogP contribution in [0, 0.1) is 11.5 Å². The first-order valence-corrected chi connectivity index (χ1v) is 2.96. The molecule has 0 aliphatic carbocycles. The van der Waals surface area contributed by atoms with Gasteiger partial charge < -0.3 is 10.6 Å². The zero-order valence-corrected chi connectivity index (χ0v) is 5.76. The first kappa shape index (κ1) is 6.83. The third-order valence-electron chi connectivity index (χ3n) is 1.19. The van der Waals surface area contributed by atoms with E-state index in [1.807, 2.05) is 11.9 Å². The molecule has 10 heavy (non-hydrogen) atoms. The summed E-state index contributed by atoms with van der Waals surface area (Å²) in [7, 11) is 1.96. The second-order valence-electron chi connectivity index (χ2n) is 2.09. The molecule has 0 bridgehead atoms. The van der Waals surface area contributed by atoms with Gasteiger partial charge in [0.25, 0.3) is 0 Å². The number of nitrogens with one attached hydrogen (secondary N) is 2. The van der Waals surface area contributed by atoms with E-state index in [0.717, 1.165) is 13.3 Å². The fourth-order valence-corrected chi connectivity index (χ4v) is 0.667. The van der Waals surface area contributed by atoms with Gasteiger partial charge in [0.2, 0.25) is 12.2 Å². The minimum Gasteiger partial charge on any atom is -0.343 e. The van der Waals surface area contributed by atoms with E-state index < -0.39 is 0 Å². The highest BCUT2D eigenvalue weighted by Gasteiger charge is 2.06. The second-order valence-corrected chi connectivity index (χ2v) is 2.09. The molecule has 1 aliphatic heterocycles. The van der Waals surface area contributed by atoms with Gasteiger partial charge in [-0.1, -0.05) is 0 Å². The van der Waals surface area contributed by atoms with E-state index in [1.165, 1.54) is 0 Å². The van der Waals surface area contributed by atoms with E-state index in [9.17, 15) is 0 Å². The van der Waals surface area contributed by atoms with Gasteiger partial charge in [0.05, 0.1) is 13.3 Å². The predicted molar refractivity (Wildman–Crippen MR) is 36.8 cm³/mol. The molecule has 2 N–H and O–H groups in total. The first-order chi connectivity index (χ1) is 4.83. The lowest BCUT2D eigenvalue weighted by atomic mass is 10.6. The van der Waals surface area contributed by atoms with E-state index in [1.54, 1.807) is 6.19 Å². The first-order valence-electron chi connectivity index (χ1n) is 2.96. The molecular weight excluding hydrogens is 130 g/mol. The molecule has 5 heteroatoms. The summed E-state index contributed by atoms with van der Waals surface area (Å²) in [5.74, 6) is 0.556. The van der Waals surface area contributed by atoms with Gasteiger partial charge in [-0.2, -0.15) is 5.26 Å². The Labute approximate surface area is 59.3 Å². The Morgan fingerprint density at radius 2 is 2.20 bits per heavy atom. The number of nitrogens with zero attached hydrogens (tertiary/aromatic N) is 3. The van der Waals surface area contributed by atoms with Crippen LogP contribution in [-0.2, 0) is 0 Å². The molecule has 1 fully saturated rings. The van der Waals surface area contributed by atoms with E-state index in [0.29, 0.717) is 5.96 Å². The van der Waals surface area contributed by atoms with E-state index in [4.69, 9.17) is 5.26 Å². The molecule has 0 amide bonds. The predicted octanol–water partition coefficient (Wildman–Crippen LogP) is -1.14. The Morgan fingerprint density at radius 1 is 1.60 bits per heavy atom. The lowest BCUT2D eigenvalue weighted by molar-refractivity contribution is 0.296. The fourth-order valence-electron chi connectivity index (χ4n) is 0.667. The van der Waals surface area contributed by atoms with Crippen LogP contribution >= 0.6 is 0 Å². The van der Waals surface area contributed by atoms with Crippen LogP contribution < -0.4 is 10.6 Å². The second kappa shape index (κ2) is 3.03. The van der Waals surface area contributed by atoms with Crippen molar-refractivity contribution >= 4 is 5.96 Å². The molecule has 0 aromatic heterocycles. The number of rotatable bonds is 0. The zero-order chi connectivity index (χ0) is 7.40. The van der Waals surface area contributed by atoms with Gasteiger partial charge in [-0.15, -0.1) is 4.99 Å². The van der Waals surface area contributed by atoms with Crippen molar-refractivity contribution in [2.45, 2.75) is 0 Å². The molecule has 1 heterocycles. The molecule has 0 unspecified atom stereocenters. The lowest BCUT2D eigenvalue weighted by Gasteiger charge is -2.25. The summed E-state index contributed by atoms with van der Waals surface area (Å²) in [4.78, 5) is 5.52. The minimum absolute atomic E-state index is 0.556. The van der Waals surface area contributed by atoms with Gasteiger partial charge in [-0.25, -0.2) is 0 Å². The topological polar surface area (TPSA) is 63.5 Å². The molecule has 1 saturated heterocycles. The normalized spacial score (nSPS) is 18.6. The average Bonchev–Trinajstić information content (AvgIpc) is 1.95. The van der Waals surface area contributed by atoms with Crippen molar-refractivity contribution in [3.63, 3.8) is 0 Å². The molecule has 5 nitrogen and oxygen atoms in total. The summed E-state index contributed by atoms with van der Waals surface area (Å²) in [6.07, 6.45) is 1.70. The van der Waals surface area contributed by atoms with Crippen molar-refractivity contribution in [3.8, 4) is 6.19 Å². The standard InChI is InChI=1S/C5H9N5/c1-10-3-8-5(7-2-6)9-4-10/h3-4H2,1H3,(H2,7,8,9). The molecule has 0 atom stereocenters. The zero-order valence-electron chi connectivity index (χ0n) is 5.76. The maximum Gasteiger partial charge on any atom is 0.209 e. The van der Waals surface area contributed by atoms with Gasteiger partial charge in [-0.3, -0.25) is 4.90 Å². The van der Waals surface area contributed by atoms with Gasteiger partial charge in [-0.05, 0) is 7.05 Å². The van der Waals surface area contributed by atoms with Crippen molar-refractivity contribution in [1.82, 2.24) is 15.5 Å². The molecule has 0 aromatic carbocycles. The fraction of sp³-hybridized carbons (Fsp3) is 0.600. The van der Waals surface area contributed by atoms with E-state index in [2.05, 4.69) is 15.6 Å². The highest BCUT2D eigenvalue weighted by Crippen LogP contribution is 1.82. The average molecular weight is 139 g/mol. The Hall–Kier alpha value is -1.28. The molecule has 54 valence electrons. The third-order valence-corrected chi connectivity index (χ3v) is 1.19. The van der Waals surface area contributed by atoms with Crippen molar-refractivity contribution < 1.29 is 0 Å². The maximum absolute atomic E-state index is 8.15. The number of aliphatic imine (C=N–C) groups is 1. The summed E-state index contributed by atoms with van der Waals surface area (Å²) in [5.41, 5.74) is 0. The molecule has 0 radical (unpaired) electrons. The summed E-state index contributed by atoms with van der Waals surface area (Å²) in [6, 6.07) is 0. The summed E-state index contributed by atoms with van der Waals surface area (Å²) in [6.45, 7) is 1.46. The third kappa shape index (κ3) is 1.60. The van der Waals surface area contributed by atoms with Crippen LogP contribution in [0.4, 0.5) is 0 Å². The van der Waals surface area contributed by atoms with Crippen LogP contribution in [0.5, 0.6) is 0 Å². The van der Waals surface area contributed by atoms with Crippen LogP contribution in [-0.4, -0.2) is 31.2 Å². The molecule has 0 saturated carbocycles. The number of hydrogen-bond acceptors (Lipinski definition) is 3. The molecule has 0 spiro atoms. The van der Waals surface area contributed by atoms with Crippen LogP contribution in [0.15, 0.2) is 4.99 Å². The van der Waals surface area contributed by atoms with Gasteiger partial charge in [0.15, 0.2) is 0 Å². The minimum atomic E-state index is 0.556. The van der Waals surface area contributed by atoms with E-state index >= 15 is 0 Å². The quantitative estimate of drug-likeness (QED) is 0.416. The van der Waals surface area contributed by atoms with Crippen LogP contribution in [0.1, 0.15) is 0 Å².